The molecule has 2 atom stereocenters. The van der Waals surface area contributed by atoms with Gasteiger partial charge < -0.3 is 5.73 Å². The molecule has 0 bridgehead atoms. The van der Waals surface area contributed by atoms with Crippen LogP contribution in [-0.4, -0.2) is 16.1 Å². The molecule has 4 nitrogen and oxygen atoms in total. The van der Waals surface area contributed by atoms with Crippen molar-refractivity contribution < 1.29 is 0 Å². The Morgan fingerprint density at radius 2 is 1.81 bits per heavy atom. The summed E-state index contributed by atoms with van der Waals surface area (Å²) in [6.07, 6.45) is 4.66. The third kappa shape index (κ3) is 3.67. The molecule has 1 aliphatic carbocycles. The number of rotatable bonds is 4. The lowest BCUT2D eigenvalue weighted by molar-refractivity contribution is 0.246. The van der Waals surface area contributed by atoms with Crippen LogP contribution in [0.15, 0.2) is 53.3 Å². The fourth-order valence-corrected chi connectivity index (χ4v) is 4.30. The number of benzene rings is 2. The average molecular weight is 361 g/mol. The van der Waals surface area contributed by atoms with E-state index < -0.39 is 0 Å². The normalized spacial score (nSPS) is 20.1. The van der Waals surface area contributed by atoms with Crippen LogP contribution in [0.1, 0.15) is 31.2 Å². The molecule has 1 aliphatic rings. The highest BCUT2D eigenvalue weighted by Crippen LogP contribution is 2.30. The molecule has 0 amide bonds. The van der Waals surface area contributed by atoms with Crippen molar-refractivity contribution in [3.8, 4) is 11.4 Å². The van der Waals surface area contributed by atoms with Gasteiger partial charge in [0.05, 0.1) is 10.9 Å². The number of aromatic nitrogens is 2. The van der Waals surface area contributed by atoms with Gasteiger partial charge in [-0.1, -0.05) is 48.4 Å². The van der Waals surface area contributed by atoms with Crippen molar-refractivity contribution in [2.75, 3.05) is 6.54 Å². The number of fused-ring (bicyclic) bond motifs is 1. The second-order valence-electron chi connectivity index (χ2n) is 7.87. The first-order valence-electron chi connectivity index (χ1n) is 9.92. The van der Waals surface area contributed by atoms with Gasteiger partial charge in [0.25, 0.3) is 5.56 Å². The summed E-state index contributed by atoms with van der Waals surface area (Å²) in [7, 11) is 0. The minimum Gasteiger partial charge on any atom is -0.330 e. The highest BCUT2D eigenvalue weighted by Gasteiger charge is 2.23. The SMILES string of the molecule is Cc1ccc(-c2nc3ccccc3c(=O)n2CC2CCCC(CN)C2)cc1. The summed E-state index contributed by atoms with van der Waals surface area (Å²) in [4.78, 5) is 18.2. The van der Waals surface area contributed by atoms with Crippen LogP contribution < -0.4 is 11.3 Å². The zero-order valence-corrected chi connectivity index (χ0v) is 15.9. The minimum absolute atomic E-state index is 0.0612. The molecule has 1 aromatic heterocycles. The van der Waals surface area contributed by atoms with E-state index >= 15 is 0 Å². The molecular formula is C23H27N3O. The zero-order valence-electron chi connectivity index (χ0n) is 15.9. The Morgan fingerprint density at radius 1 is 1.07 bits per heavy atom. The first kappa shape index (κ1) is 17.9. The maximum Gasteiger partial charge on any atom is 0.261 e. The van der Waals surface area contributed by atoms with E-state index in [1.165, 1.54) is 18.4 Å². The molecular weight excluding hydrogens is 334 g/mol. The highest BCUT2D eigenvalue weighted by atomic mass is 16.1. The van der Waals surface area contributed by atoms with Gasteiger partial charge in [0.2, 0.25) is 0 Å². The summed E-state index contributed by atoms with van der Waals surface area (Å²) in [6, 6.07) is 15.9. The van der Waals surface area contributed by atoms with Crippen molar-refractivity contribution in [3.05, 3.63) is 64.4 Å². The van der Waals surface area contributed by atoms with Crippen LogP contribution in [0, 0.1) is 18.8 Å². The van der Waals surface area contributed by atoms with Crippen molar-refractivity contribution >= 4 is 10.9 Å². The number of hydrogen-bond donors (Lipinski definition) is 1. The van der Waals surface area contributed by atoms with Crippen LogP contribution >= 0.6 is 0 Å². The second-order valence-corrected chi connectivity index (χ2v) is 7.87. The van der Waals surface area contributed by atoms with Crippen LogP contribution in [0.25, 0.3) is 22.3 Å². The van der Waals surface area contributed by atoms with Gasteiger partial charge in [0.1, 0.15) is 5.82 Å². The lowest BCUT2D eigenvalue weighted by Gasteiger charge is -2.29. The van der Waals surface area contributed by atoms with E-state index in [-0.39, 0.29) is 5.56 Å². The van der Waals surface area contributed by atoms with Gasteiger partial charge in [-0.15, -0.1) is 0 Å². The molecule has 1 saturated carbocycles. The molecule has 4 heteroatoms. The van der Waals surface area contributed by atoms with Crippen LogP contribution in [0.2, 0.25) is 0 Å². The Bertz CT molecular complexity index is 991. The monoisotopic (exact) mass is 361 g/mol. The molecule has 1 fully saturated rings. The summed E-state index contributed by atoms with van der Waals surface area (Å²) >= 11 is 0. The topological polar surface area (TPSA) is 60.9 Å². The van der Waals surface area contributed by atoms with E-state index in [9.17, 15) is 4.79 Å². The molecule has 0 saturated heterocycles. The maximum atomic E-state index is 13.3. The maximum absolute atomic E-state index is 13.3. The van der Waals surface area contributed by atoms with Gasteiger partial charge in [0, 0.05) is 12.1 Å². The predicted octanol–water partition coefficient (Wildman–Crippen LogP) is 4.14. The van der Waals surface area contributed by atoms with Crippen molar-refractivity contribution in [2.24, 2.45) is 17.6 Å². The van der Waals surface area contributed by atoms with E-state index in [1.807, 2.05) is 28.8 Å². The lowest BCUT2D eigenvalue weighted by atomic mass is 9.81. The van der Waals surface area contributed by atoms with Crippen molar-refractivity contribution in [1.29, 1.82) is 0 Å². The Labute approximate surface area is 160 Å². The van der Waals surface area contributed by atoms with Crippen LogP contribution in [0.4, 0.5) is 0 Å². The zero-order chi connectivity index (χ0) is 18.8. The third-order valence-corrected chi connectivity index (χ3v) is 5.84. The summed E-state index contributed by atoms with van der Waals surface area (Å²) < 4.78 is 1.90. The molecule has 140 valence electrons. The first-order valence-corrected chi connectivity index (χ1v) is 9.92. The first-order chi connectivity index (χ1) is 13.2. The standard InChI is InChI=1S/C23H27N3O/c1-16-9-11-19(12-10-16)22-25-21-8-3-2-7-20(21)23(27)26(22)15-18-6-4-5-17(13-18)14-24/h2-3,7-12,17-18H,4-6,13-15,24H2,1H3. The van der Waals surface area contributed by atoms with Gasteiger partial charge in [-0.2, -0.15) is 0 Å². The van der Waals surface area contributed by atoms with E-state index in [0.717, 1.165) is 42.8 Å². The van der Waals surface area contributed by atoms with Crippen molar-refractivity contribution in [2.45, 2.75) is 39.2 Å². The van der Waals surface area contributed by atoms with Gasteiger partial charge in [-0.3, -0.25) is 9.36 Å². The lowest BCUT2D eigenvalue weighted by Crippen LogP contribution is -2.30. The van der Waals surface area contributed by atoms with Crippen LogP contribution in [-0.2, 0) is 6.54 Å². The van der Waals surface area contributed by atoms with E-state index in [0.29, 0.717) is 17.2 Å². The predicted molar refractivity (Wildman–Crippen MR) is 111 cm³/mol. The van der Waals surface area contributed by atoms with Gasteiger partial charge in [0.15, 0.2) is 0 Å². The minimum atomic E-state index is 0.0612. The van der Waals surface area contributed by atoms with Crippen molar-refractivity contribution in [1.82, 2.24) is 9.55 Å². The summed E-state index contributed by atoms with van der Waals surface area (Å²) in [5.41, 5.74) is 8.94. The van der Waals surface area contributed by atoms with Gasteiger partial charge >= 0.3 is 0 Å². The quantitative estimate of drug-likeness (QED) is 0.760. The Kier molecular flexibility index (Phi) is 5.08. The van der Waals surface area contributed by atoms with Crippen molar-refractivity contribution in [3.63, 3.8) is 0 Å². The van der Waals surface area contributed by atoms with E-state index in [2.05, 4.69) is 31.2 Å². The average Bonchev–Trinajstić information content (AvgIpc) is 2.71. The number of aryl methyl sites for hydroxylation is 1. The largest absolute Gasteiger partial charge is 0.330 e. The van der Waals surface area contributed by atoms with Crippen LogP contribution in [0.3, 0.4) is 0 Å². The highest BCUT2D eigenvalue weighted by molar-refractivity contribution is 5.79. The molecule has 1 heterocycles. The molecule has 2 N–H and O–H groups in total. The van der Waals surface area contributed by atoms with Gasteiger partial charge in [-0.05, 0) is 56.7 Å². The molecule has 3 aromatic rings. The Hall–Kier alpha value is -2.46. The van der Waals surface area contributed by atoms with Gasteiger partial charge in [-0.25, -0.2) is 4.98 Å². The molecule has 2 aromatic carbocycles. The Balaban J connectivity index is 1.81. The summed E-state index contributed by atoms with van der Waals surface area (Å²) in [5.74, 6) is 1.83. The number of hydrogen-bond acceptors (Lipinski definition) is 3. The van der Waals surface area contributed by atoms with E-state index in [1.54, 1.807) is 0 Å². The Morgan fingerprint density at radius 3 is 2.59 bits per heavy atom. The van der Waals surface area contributed by atoms with E-state index in [4.69, 9.17) is 10.7 Å². The number of nitrogens with zero attached hydrogens (tertiary/aromatic N) is 2. The molecule has 2 unspecified atom stereocenters. The number of para-hydroxylation sites is 1. The fourth-order valence-electron chi connectivity index (χ4n) is 4.30. The summed E-state index contributed by atoms with van der Waals surface area (Å²) in [5, 5.41) is 0.694. The number of nitrogens with two attached hydrogens (primary N) is 1. The summed E-state index contributed by atoms with van der Waals surface area (Å²) in [6.45, 7) is 3.53. The molecule has 27 heavy (non-hydrogen) atoms. The molecule has 0 radical (unpaired) electrons. The molecule has 0 spiro atoms. The molecule has 4 rings (SSSR count). The van der Waals surface area contributed by atoms with Crippen LogP contribution in [0.5, 0.6) is 0 Å². The smallest absolute Gasteiger partial charge is 0.261 e. The molecule has 0 aliphatic heterocycles. The fraction of sp³-hybridized carbons (Fsp3) is 0.391. The third-order valence-electron chi connectivity index (χ3n) is 5.84. The second kappa shape index (κ2) is 7.65.